The quantitative estimate of drug-likeness (QED) is 0.587. The molecule has 1 aliphatic rings. The van der Waals surface area contributed by atoms with E-state index in [0.29, 0.717) is 24.6 Å². The van der Waals surface area contributed by atoms with E-state index in [1.54, 1.807) is 13.0 Å². The lowest BCUT2D eigenvalue weighted by Gasteiger charge is -2.22. The highest BCUT2D eigenvalue weighted by atomic mass is 16.6. The second kappa shape index (κ2) is 5.00. The van der Waals surface area contributed by atoms with Gasteiger partial charge in [0.1, 0.15) is 12.0 Å². The van der Waals surface area contributed by atoms with E-state index in [2.05, 4.69) is 16.0 Å². The molecular formula is C12H14N4O2. The zero-order chi connectivity index (χ0) is 13.1. The summed E-state index contributed by atoms with van der Waals surface area (Å²) in [4.78, 5) is 16.5. The molecule has 0 spiro atoms. The first kappa shape index (κ1) is 12.3. The van der Waals surface area contributed by atoms with E-state index in [0.717, 1.165) is 18.7 Å². The van der Waals surface area contributed by atoms with Gasteiger partial charge in [-0.3, -0.25) is 10.1 Å². The highest BCUT2D eigenvalue weighted by Gasteiger charge is 2.30. The Morgan fingerprint density at radius 1 is 1.67 bits per heavy atom. The number of aromatic nitrogens is 1. The average molecular weight is 246 g/mol. The summed E-state index contributed by atoms with van der Waals surface area (Å²) in [6.45, 7) is 2.34. The molecule has 1 heterocycles. The summed E-state index contributed by atoms with van der Waals surface area (Å²) in [5, 5.41) is 19.4. The van der Waals surface area contributed by atoms with Crippen LogP contribution in [-0.2, 0) is 0 Å². The molecule has 1 aromatic heterocycles. The Hall–Kier alpha value is -2.16. The molecule has 0 unspecified atom stereocenters. The molecule has 6 heteroatoms. The Kier molecular flexibility index (Phi) is 3.42. The van der Waals surface area contributed by atoms with Gasteiger partial charge >= 0.3 is 0 Å². The third kappa shape index (κ3) is 2.56. The molecule has 0 amide bonds. The van der Waals surface area contributed by atoms with Crippen LogP contribution in [0.25, 0.3) is 0 Å². The molecule has 0 atom stereocenters. The Bertz CT molecular complexity index is 505. The van der Waals surface area contributed by atoms with Crippen molar-refractivity contribution in [2.75, 3.05) is 11.4 Å². The second-order valence-corrected chi connectivity index (χ2v) is 4.42. The van der Waals surface area contributed by atoms with Gasteiger partial charge in [-0.25, -0.2) is 4.98 Å². The molecule has 0 bridgehead atoms. The predicted molar refractivity (Wildman–Crippen MR) is 66.2 cm³/mol. The number of hydrogen-bond acceptors (Lipinski definition) is 5. The molecule has 0 aromatic carbocycles. The van der Waals surface area contributed by atoms with Crippen molar-refractivity contribution >= 4 is 11.5 Å². The van der Waals surface area contributed by atoms with Crippen LogP contribution in [0.2, 0.25) is 0 Å². The SMILES string of the molecule is Cc1cc(N(CCC#N)C2CC2)ncc1[N+](=O)[O-]. The Morgan fingerprint density at radius 2 is 2.39 bits per heavy atom. The maximum absolute atomic E-state index is 10.7. The van der Waals surface area contributed by atoms with Gasteiger partial charge in [-0.2, -0.15) is 5.26 Å². The molecule has 0 N–H and O–H groups in total. The molecule has 1 fully saturated rings. The largest absolute Gasteiger partial charge is 0.353 e. The fraction of sp³-hybridized carbons (Fsp3) is 0.500. The lowest BCUT2D eigenvalue weighted by atomic mass is 10.2. The zero-order valence-corrected chi connectivity index (χ0v) is 10.2. The number of rotatable bonds is 5. The fourth-order valence-corrected chi connectivity index (χ4v) is 1.92. The Morgan fingerprint density at radius 3 is 2.89 bits per heavy atom. The summed E-state index contributed by atoms with van der Waals surface area (Å²) < 4.78 is 0. The summed E-state index contributed by atoms with van der Waals surface area (Å²) >= 11 is 0. The monoisotopic (exact) mass is 246 g/mol. The van der Waals surface area contributed by atoms with E-state index in [1.165, 1.54) is 6.20 Å². The van der Waals surface area contributed by atoms with Gasteiger partial charge in [0.2, 0.25) is 0 Å². The van der Waals surface area contributed by atoms with Gasteiger partial charge in [0, 0.05) is 18.2 Å². The minimum absolute atomic E-state index is 0.0368. The summed E-state index contributed by atoms with van der Waals surface area (Å²) in [7, 11) is 0. The summed E-state index contributed by atoms with van der Waals surface area (Å²) in [6, 6.07) is 4.28. The number of aryl methyl sites for hydroxylation is 1. The zero-order valence-electron chi connectivity index (χ0n) is 10.2. The van der Waals surface area contributed by atoms with Gasteiger partial charge in [-0.1, -0.05) is 0 Å². The van der Waals surface area contributed by atoms with Crippen molar-refractivity contribution in [1.82, 2.24) is 4.98 Å². The van der Waals surface area contributed by atoms with E-state index in [-0.39, 0.29) is 5.69 Å². The van der Waals surface area contributed by atoms with Crippen LogP contribution in [0.1, 0.15) is 24.8 Å². The molecule has 1 saturated carbocycles. The Balaban J connectivity index is 2.23. The predicted octanol–water partition coefficient (Wildman–Crippen LogP) is 2.18. The normalized spacial score (nSPS) is 14.0. The third-order valence-corrected chi connectivity index (χ3v) is 3.01. The number of hydrogen-bond donors (Lipinski definition) is 0. The average Bonchev–Trinajstić information content (AvgIpc) is 3.13. The van der Waals surface area contributed by atoms with Gasteiger partial charge in [-0.15, -0.1) is 0 Å². The maximum Gasteiger partial charge on any atom is 0.290 e. The molecule has 18 heavy (non-hydrogen) atoms. The van der Waals surface area contributed by atoms with E-state index in [1.807, 2.05) is 0 Å². The van der Waals surface area contributed by atoms with Crippen molar-refractivity contribution in [2.45, 2.75) is 32.2 Å². The van der Waals surface area contributed by atoms with Crippen molar-refractivity contribution in [3.8, 4) is 6.07 Å². The molecule has 0 aliphatic heterocycles. The maximum atomic E-state index is 10.7. The molecule has 6 nitrogen and oxygen atoms in total. The van der Waals surface area contributed by atoms with Gasteiger partial charge < -0.3 is 4.90 Å². The van der Waals surface area contributed by atoms with E-state index in [4.69, 9.17) is 5.26 Å². The van der Waals surface area contributed by atoms with Crippen LogP contribution in [0.3, 0.4) is 0 Å². The molecule has 0 radical (unpaired) electrons. The Labute approximate surface area is 105 Å². The number of pyridine rings is 1. The smallest absolute Gasteiger partial charge is 0.290 e. The van der Waals surface area contributed by atoms with Crippen LogP contribution in [0.15, 0.2) is 12.3 Å². The van der Waals surface area contributed by atoms with Gasteiger partial charge in [0.15, 0.2) is 0 Å². The minimum Gasteiger partial charge on any atom is -0.353 e. The van der Waals surface area contributed by atoms with Crippen LogP contribution < -0.4 is 4.90 Å². The number of nitrogens with zero attached hydrogens (tertiary/aromatic N) is 4. The molecule has 2 rings (SSSR count). The fourth-order valence-electron chi connectivity index (χ4n) is 1.92. The summed E-state index contributed by atoms with van der Waals surface area (Å²) in [6.07, 6.45) is 3.94. The first-order valence-corrected chi connectivity index (χ1v) is 5.88. The molecule has 1 aromatic rings. The number of nitriles is 1. The standard InChI is InChI=1S/C12H14N4O2/c1-9-7-12(14-8-11(9)16(17)18)15(6-2-5-13)10-3-4-10/h7-8,10H,2-4,6H2,1H3. The molecule has 0 saturated heterocycles. The molecule has 1 aliphatic carbocycles. The second-order valence-electron chi connectivity index (χ2n) is 4.42. The van der Waals surface area contributed by atoms with Crippen LogP contribution in [0, 0.1) is 28.4 Å². The number of nitro groups is 1. The minimum atomic E-state index is -0.428. The van der Waals surface area contributed by atoms with Crippen molar-refractivity contribution in [3.05, 3.63) is 27.9 Å². The van der Waals surface area contributed by atoms with Gasteiger partial charge in [-0.05, 0) is 25.8 Å². The highest BCUT2D eigenvalue weighted by Crippen LogP contribution is 2.32. The van der Waals surface area contributed by atoms with Crippen molar-refractivity contribution < 1.29 is 4.92 Å². The molecular weight excluding hydrogens is 232 g/mol. The summed E-state index contributed by atoms with van der Waals surface area (Å²) in [5.74, 6) is 0.732. The lowest BCUT2D eigenvalue weighted by Crippen LogP contribution is -2.27. The van der Waals surface area contributed by atoms with Crippen molar-refractivity contribution in [2.24, 2.45) is 0 Å². The first-order valence-electron chi connectivity index (χ1n) is 5.88. The number of anilines is 1. The summed E-state index contributed by atoms with van der Waals surface area (Å²) in [5.41, 5.74) is 0.641. The van der Waals surface area contributed by atoms with Gasteiger partial charge in [0.05, 0.1) is 17.4 Å². The van der Waals surface area contributed by atoms with E-state index in [9.17, 15) is 10.1 Å². The van der Waals surface area contributed by atoms with Crippen LogP contribution in [0.5, 0.6) is 0 Å². The van der Waals surface area contributed by atoms with Crippen molar-refractivity contribution in [3.63, 3.8) is 0 Å². The topological polar surface area (TPSA) is 83.1 Å². The van der Waals surface area contributed by atoms with E-state index < -0.39 is 4.92 Å². The van der Waals surface area contributed by atoms with E-state index >= 15 is 0 Å². The van der Waals surface area contributed by atoms with Gasteiger partial charge in [0.25, 0.3) is 5.69 Å². The van der Waals surface area contributed by atoms with Crippen LogP contribution >= 0.6 is 0 Å². The van der Waals surface area contributed by atoms with Crippen molar-refractivity contribution in [1.29, 1.82) is 5.26 Å². The first-order chi connectivity index (χ1) is 8.63. The van der Waals surface area contributed by atoms with Crippen LogP contribution in [0.4, 0.5) is 11.5 Å². The highest BCUT2D eigenvalue weighted by molar-refractivity contribution is 5.50. The molecule has 94 valence electrons. The van der Waals surface area contributed by atoms with Crippen LogP contribution in [-0.4, -0.2) is 22.5 Å². The third-order valence-electron chi connectivity index (χ3n) is 3.01. The lowest BCUT2D eigenvalue weighted by molar-refractivity contribution is -0.385.